The number of nitrogens with zero attached hydrogens (tertiary/aromatic N) is 5. The highest BCUT2D eigenvalue weighted by Gasteiger charge is 2.28. The average molecular weight is 529 g/mol. The lowest BCUT2D eigenvalue weighted by Crippen LogP contribution is -2.33. The molecule has 1 aliphatic rings. The SMILES string of the molecule is COc1ccc([N+](=O)[O-])cc1NC(=O)C(C)Sc1nnc(C(C)N2CCCCC2)n1-c1ccc(F)cc1. The van der Waals surface area contributed by atoms with Crippen molar-refractivity contribution in [1.29, 1.82) is 0 Å². The molecule has 3 aromatic rings. The van der Waals surface area contributed by atoms with Gasteiger partial charge < -0.3 is 10.1 Å². The number of non-ortho nitro benzene ring substituents is 1. The minimum absolute atomic E-state index is 0.0227. The number of ether oxygens (including phenoxy) is 1. The molecule has 0 bridgehead atoms. The number of thioether (sulfide) groups is 1. The van der Waals surface area contributed by atoms with E-state index in [4.69, 9.17) is 4.74 Å². The van der Waals surface area contributed by atoms with Crippen molar-refractivity contribution >= 4 is 29.0 Å². The van der Waals surface area contributed by atoms with E-state index in [-0.39, 0.29) is 29.1 Å². The van der Waals surface area contributed by atoms with Gasteiger partial charge in [0.05, 0.1) is 29.0 Å². The number of nitrogens with one attached hydrogen (secondary N) is 1. The van der Waals surface area contributed by atoms with Crippen molar-refractivity contribution < 1.29 is 18.8 Å². The van der Waals surface area contributed by atoms with Crippen LogP contribution in [0.5, 0.6) is 5.75 Å². The third-order valence-corrected chi connectivity index (χ3v) is 7.40. The zero-order valence-corrected chi connectivity index (χ0v) is 21.7. The second-order valence-electron chi connectivity index (χ2n) is 8.82. The van der Waals surface area contributed by atoms with Crippen LogP contribution in [0.2, 0.25) is 0 Å². The van der Waals surface area contributed by atoms with Crippen molar-refractivity contribution in [3.8, 4) is 11.4 Å². The fraction of sp³-hybridized carbons (Fsp3) is 0.400. The van der Waals surface area contributed by atoms with Crippen LogP contribution in [0.4, 0.5) is 15.8 Å². The molecule has 37 heavy (non-hydrogen) atoms. The third-order valence-electron chi connectivity index (χ3n) is 6.36. The van der Waals surface area contributed by atoms with Gasteiger partial charge in [-0.25, -0.2) is 4.39 Å². The maximum absolute atomic E-state index is 13.7. The molecule has 1 aliphatic heterocycles. The van der Waals surface area contributed by atoms with E-state index in [1.54, 1.807) is 19.1 Å². The summed E-state index contributed by atoms with van der Waals surface area (Å²) in [7, 11) is 1.42. The van der Waals surface area contributed by atoms with Gasteiger partial charge >= 0.3 is 0 Å². The van der Waals surface area contributed by atoms with Crippen LogP contribution in [-0.2, 0) is 4.79 Å². The van der Waals surface area contributed by atoms with Gasteiger partial charge in [0.1, 0.15) is 11.6 Å². The Labute approximate surface area is 218 Å². The van der Waals surface area contributed by atoms with Crippen molar-refractivity contribution in [1.82, 2.24) is 19.7 Å². The summed E-state index contributed by atoms with van der Waals surface area (Å²) in [6.45, 7) is 5.71. The van der Waals surface area contributed by atoms with E-state index >= 15 is 0 Å². The first-order chi connectivity index (χ1) is 17.8. The molecule has 1 saturated heterocycles. The molecule has 2 aromatic carbocycles. The number of carbonyl (C=O) groups excluding carboxylic acids is 1. The molecule has 0 saturated carbocycles. The number of nitro groups is 1. The number of aromatic nitrogens is 3. The van der Waals surface area contributed by atoms with Gasteiger partial charge in [0.2, 0.25) is 5.91 Å². The number of piperidine rings is 1. The second kappa shape index (κ2) is 11.7. The Kier molecular flexibility index (Phi) is 8.39. The predicted molar refractivity (Wildman–Crippen MR) is 139 cm³/mol. The monoisotopic (exact) mass is 528 g/mol. The standard InChI is InChI=1S/C25H29FN6O4S/c1-16(30-13-5-4-6-14-30)23-28-29-25(31(23)19-9-7-18(26)8-10-19)37-17(2)24(33)27-21-15-20(32(34)35)11-12-22(21)36-3/h7-12,15-17H,4-6,13-14H2,1-3H3,(H,27,33). The highest BCUT2D eigenvalue weighted by atomic mass is 32.2. The molecule has 1 amide bonds. The van der Waals surface area contributed by atoms with Crippen LogP contribution < -0.4 is 10.1 Å². The van der Waals surface area contributed by atoms with E-state index in [9.17, 15) is 19.3 Å². The molecule has 196 valence electrons. The first-order valence-corrected chi connectivity index (χ1v) is 12.9. The number of hydrogen-bond acceptors (Lipinski definition) is 8. The van der Waals surface area contributed by atoms with Gasteiger partial charge in [0.25, 0.3) is 5.69 Å². The predicted octanol–water partition coefficient (Wildman–Crippen LogP) is 4.99. The number of carbonyl (C=O) groups is 1. The smallest absolute Gasteiger partial charge is 0.271 e. The van der Waals surface area contributed by atoms with E-state index in [0.717, 1.165) is 25.9 Å². The van der Waals surface area contributed by atoms with Gasteiger partial charge in [-0.1, -0.05) is 18.2 Å². The summed E-state index contributed by atoms with van der Waals surface area (Å²) in [5, 5.41) is 22.6. The van der Waals surface area contributed by atoms with Crippen molar-refractivity contribution in [2.45, 2.75) is 49.6 Å². The molecule has 1 aromatic heterocycles. The number of likely N-dealkylation sites (tertiary alicyclic amines) is 1. The highest BCUT2D eigenvalue weighted by Crippen LogP contribution is 2.33. The molecule has 0 spiro atoms. The average Bonchev–Trinajstić information content (AvgIpc) is 3.32. The first-order valence-electron chi connectivity index (χ1n) is 12.0. The largest absolute Gasteiger partial charge is 0.495 e. The molecule has 2 unspecified atom stereocenters. The van der Waals surface area contributed by atoms with Crippen LogP contribution in [0, 0.1) is 15.9 Å². The van der Waals surface area contributed by atoms with Crippen LogP contribution in [0.25, 0.3) is 5.69 Å². The van der Waals surface area contributed by atoms with Crippen molar-refractivity contribution in [2.24, 2.45) is 0 Å². The third kappa shape index (κ3) is 6.08. The Hall–Kier alpha value is -3.51. The number of halogens is 1. The van der Waals surface area contributed by atoms with E-state index in [0.29, 0.717) is 22.4 Å². The van der Waals surface area contributed by atoms with Gasteiger partial charge in [-0.3, -0.25) is 24.4 Å². The summed E-state index contributed by atoms with van der Waals surface area (Å²) in [5.74, 6) is 0.283. The van der Waals surface area contributed by atoms with Gasteiger partial charge in [0.15, 0.2) is 11.0 Å². The van der Waals surface area contributed by atoms with Gasteiger partial charge in [-0.05, 0) is 70.1 Å². The number of hydrogen-bond donors (Lipinski definition) is 1. The summed E-state index contributed by atoms with van der Waals surface area (Å²) >= 11 is 1.20. The van der Waals surface area contributed by atoms with Crippen LogP contribution in [0.15, 0.2) is 47.6 Å². The molecule has 1 N–H and O–H groups in total. The number of rotatable bonds is 9. The van der Waals surface area contributed by atoms with E-state index in [1.807, 2.05) is 4.57 Å². The molecule has 12 heteroatoms. The molecule has 10 nitrogen and oxygen atoms in total. The quantitative estimate of drug-likeness (QED) is 0.235. The second-order valence-corrected chi connectivity index (χ2v) is 10.1. The maximum atomic E-state index is 13.7. The van der Waals surface area contributed by atoms with E-state index in [2.05, 4.69) is 27.3 Å². The molecular weight excluding hydrogens is 499 g/mol. The highest BCUT2D eigenvalue weighted by molar-refractivity contribution is 8.00. The molecule has 0 aliphatic carbocycles. The van der Waals surface area contributed by atoms with Crippen molar-refractivity contribution in [3.63, 3.8) is 0 Å². The topological polar surface area (TPSA) is 115 Å². The lowest BCUT2D eigenvalue weighted by atomic mass is 10.1. The van der Waals surface area contributed by atoms with Crippen molar-refractivity contribution in [3.05, 3.63) is 64.2 Å². The summed E-state index contributed by atoms with van der Waals surface area (Å²) in [6.07, 6.45) is 3.45. The first kappa shape index (κ1) is 26.6. The zero-order chi connectivity index (χ0) is 26.5. The molecule has 0 radical (unpaired) electrons. The number of amides is 1. The Morgan fingerprint density at radius 2 is 1.84 bits per heavy atom. The van der Waals surface area contributed by atoms with Crippen LogP contribution >= 0.6 is 11.8 Å². The summed E-state index contributed by atoms with van der Waals surface area (Å²) in [6, 6.07) is 10.1. The molecule has 2 heterocycles. The van der Waals surface area contributed by atoms with E-state index < -0.39 is 10.2 Å². The zero-order valence-electron chi connectivity index (χ0n) is 20.9. The van der Waals surface area contributed by atoms with Gasteiger partial charge in [0, 0.05) is 17.8 Å². The molecule has 4 rings (SSSR count). The number of nitro benzene ring substituents is 1. The minimum Gasteiger partial charge on any atom is -0.495 e. The van der Waals surface area contributed by atoms with Gasteiger partial charge in [-0.2, -0.15) is 0 Å². The fourth-order valence-electron chi connectivity index (χ4n) is 4.28. The Morgan fingerprint density at radius 1 is 1.14 bits per heavy atom. The minimum atomic E-state index is -0.634. The number of anilines is 1. The fourth-order valence-corrected chi connectivity index (χ4v) is 5.16. The van der Waals surface area contributed by atoms with Crippen molar-refractivity contribution in [2.75, 3.05) is 25.5 Å². The van der Waals surface area contributed by atoms with Gasteiger partial charge in [-0.15, -0.1) is 10.2 Å². The van der Waals surface area contributed by atoms with Crippen LogP contribution in [0.1, 0.15) is 45.0 Å². The maximum Gasteiger partial charge on any atom is 0.271 e. The van der Waals surface area contributed by atoms with Crippen LogP contribution in [-0.4, -0.2) is 55.9 Å². The molecule has 2 atom stereocenters. The lowest BCUT2D eigenvalue weighted by molar-refractivity contribution is -0.384. The summed E-state index contributed by atoms with van der Waals surface area (Å²) in [5.41, 5.74) is 0.734. The summed E-state index contributed by atoms with van der Waals surface area (Å²) in [4.78, 5) is 26.1. The Balaban J connectivity index is 1.60. The normalized spacial score (nSPS) is 15.7. The molecule has 1 fully saturated rings. The summed E-state index contributed by atoms with van der Waals surface area (Å²) < 4.78 is 20.8. The van der Waals surface area contributed by atoms with E-state index in [1.165, 1.54) is 55.6 Å². The van der Waals surface area contributed by atoms with Crippen LogP contribution in [0.3, 0.4) is 0 Å². The Bertz CT molecular complexity index is 1260. The lowest BCUT2D eigenvalue weighted by Gasteiger charge is -2.32. The molecular formula is C25H29FN6O4S. The number of benzene rings is 2. The Morgan fingerprint density at radius 3 is 2.49 bits per heavy atom. The number of methoxy groups -OCH3 is 1.